The number of anilines is 1. The third kappa shape index (κ3) is 2.71. The van der Waals surface area contributed by atoms with E-state index in [2.05, 4.69) is 23.3 Å². The largest absolute Gasteiger partial charge is 0.315 e. The Hall–Kier alpha value is -1.72. The molecule has 0 saturated carbocycles. The van der Waals surface area contributed by atoms with Crippen molar-refractivity contribution in [3.05, 3.63) is 46.4 Å². The zero-order valence-electron chi connectivity index (χ0n) is 12.2. The van der Waals surface area contributed by atoms with Crippen molar-refractivity contribution in [1.82, 2.24) is 10.3 Å². The first-order valence-electron chi connectivity index (χ1n) is 7.21. The molecule has 0 saturated heterocycles. The number of fused-ring (bicyclic) bond motifs is 1. The highest BCUT2D eigenvalue weighted by Gasteiger charge is 2.30. The topological polar surface area (TPSA) is 45.2 Å². The Balaban J connectivity index is 1.88. The van der Waals surface area contributed by atoms with E-state index in [1.807, 2.05) is 36.8 Å². The number of thiazole rings is 1. The van der Waals surface area contributed by atoms with Crippen LogP contribution in [-0.2, 0) is 4.79 Å². The molecule has 0 fully saturated rings. The molecule has 1 aromatic carbocycles. The molecule has 2 aromatic rings. The average Bonchev–Trinajstić information content (AvgIpc) is 3.03. The summed E-state index contributed by atoms with van der Waals surface area (Å²) in [5.74, 6) is 0.153. The Bertz CT molecular complexity index is 626. The lowest BCUT2D eigenvalue weighted by molar-refractivity contribution is -0.119. The second-order valence-corrected chi connectivity index (χ2v) is 6.19. The summed E-state index contributed by atoms with van der Waals surface area (Å²) in [6.45, 7) is 2.14. The molecule has 21 heavy (non-hydrogen) atoms. The van der Waals surface area contributed by atoms with Crippen LogP contribution in [0.25, 0.3) is 0 Å². The highest BCUT2D eigenvalue weighted by molar-refractivity contribution is 7.09. The summed E-state index contributed by atoms with van der Waals surface area (Å²) >= 11 is 1.66. The first-order valence-corrected chi connectivity index (χ1v) is 8.09. The highest BCUT2D eigenvalue weighted by Crippen LogP contribution is 2.35. The van der Waals surface area contributed by atoms with Gasteiger partial charge in [-0.15, -0.1) is 11.3 Å². The van der Waals surface area contributed by atoms with Crippen molar-refractivity contribution < 1.29 is 4.79 Å². The van der Waals surface area contributed by atoms with Crippen LogP contribution >= 0.6 is 11.3 Å². The molecule has 2 heterocycles. The summed E-state index contributed by atoms with van der Waals surface area (Å²) in [4.78, 5) is 18.3. The van der Waals surface area contributed by atoms with Crippen LogP contribution in [0, 0.1) is 0 Å². The van der Waals surface area contributed by atoms with Gasteiger partial charge in [0.25, 0.3) is 0 Å². The van der Waals surface area contributed by atoms with E-state index in [1.165, 1.54) is 5.56 Å². The third-order valence-electron chi connectivity index (χ3n) is 3.99. The number of rotatable bonds is 4. The number of nitrogens with one attached hydrogen (secondary N) is 1. The van der Waals surface area contributed by atoms with E-state index in [1.54, 1.807) is 16.2 Å². The van der Waals surface area contributed by atoms with Gasteiger partial charge in [-0.3, -0.25) is 4.79 Å². The van der Waals surface area contributed by atoms with Crippen LogP contribution in [0.4, 0.5) is 5.69 Å². The minimum absolute atomic E-state index is 0.0544. The normalized spacial score (nSPS) is 19.4. The Kier molecular flexibility index (Phi) is 4.03. The number of amides is 1. The van der Waals surface area contributed by atoms with Crippen LogP contribution < -0.4 is 10.2 Å². The molecule has 0 aliphatic carbocycles. The monoisotopic (exact) mass is 301 g/mol. The van der Waals surface area contributed by atoms with Crippen molar-refractivity contribution in [3.63, 3.8) is 0 Å². The van der Waals surface area contributed by atoms with Gasteiger partial charge in [0.15, 0.2) is 0 Å². The van der Waals surface area contributed by atoms with Gasteiger partial charge in [0.2, 0.25) is 5.91 Å². The second kappa shape index (κ2) is 5.95. The minimum Gasteiger partial charge on any atom is -0.315 e. The van der Waals surface area contributed by atoms with E-state index < -0.39 is 0 Å². The maximum Gasteiger partial charge on any atom is 0.228 e. The van der Waals surface area contributed by atoms with E-state index in [0.29, 0.717) is 6.42 Å². The quantitative estimate of drug-likeness (QED) is 0.942. The molecule has 1 aliphatic rings. The maximum absolute atomic E-state index is 12.2. The molecule has 1 aliphatic heterocycles. The van der Waals surface area contributed by atoms with Gasteiger partial charge < -0.3 is 10.2 Å². The Morgan fingerprint density at radius 1 is 1.48 bits per heavy atom. The number of para-hydroxylation sites is 1. The van der Waals surface area contributed by atoms with Crippen LogP contribution in [0.2, 0.25) is 0 Å². The summed E-state index contributed by atoms with van der Waals surface area (Å²) in [6.07, 6.45) is 3.28. The molecule has 110 valence electrons. The van der Waals surface area contributed by atoms with Crippen molar-refractivity contribution in [2.24, 2.45) is 0 Å². The zero-order valence-corrected chi connectivity index (χ0v) is 13.1. The molecule has 2 unspecified atom stereocenters. The van der Waals surface area contributed by atoms with E-state index >= 15 is 0 Å². The number of benzene rings is 1. The van der Waals surface area contributed by atoms with Crippen LogP contribution in [0.15, 0.2) is 35.8 Å². The summed E-state index contributed by atoms with van der Waals surface area (Å²) in [5, 5.41) is 6.69. The summed E-state index contributed by atoms with van der Waals surface area (Å²) in [5.41, 5.74) is 2.19. The number of nitrogens with zero attached hydrogens (tertiary/aromatic N) is 2. The van der Waals surface area contributed by atoms with Gasteiger partial charge in [-0.25, -0.2) is 4.98 Å². The van der Waals surface area contributed by atoms with Crippen LogP contribution in [0.3, 0.4) is 0 Å². The van der Waals surface area contributed by atoms with Gasteiger partial charge in [0.05, 0.1) is 6.04 Å². The van der Waals surface area contributed by atoms with Crippen molar-refractivity contribution in [3.8, 4) is 0 Å². The predicted octanol–water partition coefficient (Wildman–Crippen LogP) is 3.29. The average molecular weight is 301 g/mol. The summed E-state index contributed by atoms with van der Waals surface area (Å²) < 4.78 is 0. The molecule has 3 rings (SSSR count). The van der Waals surface area contributed by atoms with Crippen LogP contribution in [-0.4, -0.2) is 17.9 Å². The zero-order chi connectivity index (χ0) is 14.8. The first-order chi connectivity index (χ1) is 10.2. The molecule has 1 aromatic heterocycles. The molecule has 2 atom stereocenters. The molecule has 0 bridgehead atoms. The third-order valence-corrected chi connectivity index (χ3v) is 4.88. The Labute approximate surface area is 128 Å². The van der Waals surface area contributed by atoms with Crippen molar-refractivity contribution >= 4 is 22.9 Å². The van der Waals surface area contributed by atoms with Crippen LogP contribution in [0.5, 0.6) is 0 Å². The first kappa shape index (κ1) is 14.2. The molecule has 1 N–H and O–H groups in total. The number of carbonyl (C=O) groups excluding carboxylic acids is 1. The van der Waals surface area contributed by atoms with Crippen molar-refractivity contribution in [2.45, 2.75) is 31.8 Å². The molecule has 1 amide bonds. The van der Waals surface area contributed by atoms with E-state index in [4.69, 9.17) is 0 Å². The van der Waals surface area contributed by atoms with E-state index in [9.17, 15) is 4.79 Å². The summed E-state index contributed by atoms with van der Waals surface area (Å²) in [6, 6.07) is 8.36. The number of carbonyl (C=O) groups is 1. The highest BCUT2D eigenvalue weighted by atomic mass is 32.1. The van der Waals surface area contributed by atoms with E-state index in [0.717, 1.165) is 17.1 Å². The fourth-order valence-corrected chi connectivity index (χ4v) is 3.59. The van der Waals surface area contributed by atoms with Crippen LogP contribution in [0.1, 0.15) is 42.4 Å². The predicted molar refractivity (Wildman–Crippen MR) is 85.5 cm³/mol. The minimum atomic E-state index is 0.0544. The number of aromatic nitrogens is 1. The van der Waals surface area contributed by atoms with Crippen molar-refractivity contribution in [1.29, 1.82) is 0 Å². The van der Waals surface area contributed by atoms with E-state index in [-0.39, 0.29) is 18.0 Å². The Morgan fingerprint density at radius 2 is 2.29 bits per heavy atom. The second-order valence-electron chi connectivity index (χ2n) is 5.27. The van der Waals surface area contributed by atoms with Crippen molar-refractivity contribution in [2.75, 3.05) is 11.9 Å². The fourth-order valence-electron chi connectivity index (χ4n) is 2.81. The molecule has 0 spiro atoms. The SMILES string of the molecule is CCC(NC1CC(=O)N(C)c2ccccc21)c1nccs1. The maximum atomic E-state index is 12.2. The molecule has 4 nitrogen and oxygen atoms in total. The van der Waals surface area contributed by atoms with Gasteiger partial charge in [-0.2, -0.15) is 0 Å². The summed E-state index contributed by atoms with van der Waals surface area (Å²) in [7, 11) is 1.84. The lowest BCUT2D eigenvalue weighted by Gasteiger charge is -2.33. The van der Waals surface area contributed by atoms with Gasteiger partial charge in [-0.05, 0) is 18.1 Å². The Morgan fingerprint density at radius 3 is 3.00 bits per heavy atom. The molecular weight excluding hydrogens is 282 g/mol. The number of hydrogen-bond acceptors (Lipinski definition) is 4. The molecular formula is C16H19N3OS. The number of hydrogen-bond donors (Lipinski definition) is 1. The smallest absolute Gasteiger partial charge is 0.228 e. The van der Waals surface area contributed by atoms with Gasteiger partial charge in [0.1, 0.15) is 5.01 Å². The fraction of sp³-hybridized carbons (Fsp3) is 0.375. The lowest BCUT2D eigenvalue weighted by Crippen LogP contribution is -2.38. The van der Waals surface area contributed by atoms with Gasteiger partial charge in [-0.1, -0.05) is 25.1 Å². The van der Waals surface area contributed by atoms with Gasteiger partial charge >= 0.3 is 0 Å². The standard InChI is InChI=1S/C16H19N3OS/c1-3-12(16-17-8-9-21-16)18-13-10-15(20)19(2)14-7-5-4-6-11(13)14/h4-9,12-13,18H,3,10H2,1-2H3. The molecule has 0 radical (unpaired) electrons. The lowest BCUT2D eigenvalue weighted by atomic mass is 9.95. The van der Waals surface area contributed by atoms with Gasteiger partial charge in [0, 0.05) is 36.8 Å². The molecule has 5 heteroatoms.